The van der Waals surface area contributed by atoms with E-state index >= 15 is 0 Å². The molecule has 0 amide bonds. The molecule has 0 unspecified atom stereocenters. The van der Waals surface area contributed by atoms with Crippen molar-refractivity contribution < 1.29 is 9.31 Å². The van der Waals surface area contributed by atoms with Crippen molar-refractivity contribution >= 4 is 5.69 Å². The first-order valence-electron chi connectivity index (χ1n) is 6.63. The number of nitro benzene ring substituents is 1. The van der Waals surface area contributed by atoms with Gasteiger partial charge in [0.25, 0.3) is 5.69 Å². The van der Waals surface area contributed by atoms with Crippen molar-refractivity contribution in [3.05, 3.63) is 75.1 Å². The van der Waals surface area contributed by atoms with Gasteiger partial charge in [0.1, 0.15) is 5.82 Å². The minimum atomic E-state index is -0.370. The largest absolute Gasteiger partial charge is 0.298 e. The second-order valence-electron chi connectivity index (χ2n) is 5.12. The molecule has 2 aromatic carbocycles. The van der Waals surface area contributed by atoms with Crippen LogP contribution in [0.2, 0.25) is 0 Å². The molecule has 2 rings (SSSR count). The molecule has 0 aliphatic carbocycles. The molecule has 0 bridgehead atoms. The third-order valence-electron chi connectivity index (χ3n) is 3.40. The quantitative estimate of drug-likeness (QED) is 0.623. The van der Waals surface area contributed by atoms with Crippen LogP contribution in [-0.4, -0.2) is 16.9 Å². The maximum absolute atomic E-state index is 13.2. The first kappa shape index (κ1) is 15.1. The molecule has 0 spiro atoms. The Morgan fingerprint density at radius 2 is 1.90 bits per heavy atom. The van der Waals surface area contributed by atoms with E-state index in [1.165, 1.54) is 18.2 Å². The average Bonchev–Trinajstić information content (AvgIpc) is 2.40. The average molecular weight is 288 g/mol. The first-order chi connectivity index (χ1) is 9.97. The summed E-state index contributed by atoms with van der Waals surface area (Å²) in [4.78, 5) is 12.6. The lowest BCUT2D eigenvalue weighted by Crippen LogP contribution is -2.18. The van der Waals surface area contributed by atoms with Crippen LogP contribution in [-0.2, 0) is 13.1 Å². The zero-order valence-corrected chi connectivity index (χ0v) is 12.0. The minimum Gasteiger partial charge on any atom is -0.298 e. The Morgan fingerprint density at radius 1 is 1.19 bits per heavy atom. The van der Waals surface area contributed by atoms with E-state index in [1.54, 1.807) is 19.1 Å². The Labute approximate surface area is 123 Å². The zero-order valence-electron chi connectivity index (χ0n) is 12.0. The Morgan fingerprint density at radius 3 is 2.57 bits per heavy atom. The van der Waals surface area contributed by atoms with Crippen molar-refractivity contribution in [1.82, 2.24) is 4.90 Å². The van der Waals surface area contributed by atoms with Crippen LogP contribution in [0.25, 0.3) is 0 Å². The van der Waals surface area contributed by atoms with Gasteiger partial charge in [0.15, 0.2) is 0 Å². The highest BCUT2D eigenvalue weighted by molar-refractivity contribution is 5.44. The summed E-state index contributed by atoms with van der Waals surface area (Å²) in [6.07, 6.45) is 0. The van der Waals surface area contributed by atoms with Gasteiger partial charge in [-0.1, -0.05) is 24.3 Å². The SMILES string of the molecule is Cc1c(CN(C)Cc2cccc(F)c2)cccc1[N+](=O)[O-]. The lowest BCUT2D eigenvalue weighted by Gasteiger charge is -2.18. The van der Waals surface area contributed by atoms with Gasteiger partial charge in [-0.3, -0.25) is 15.0 Å². The monoisotopic (exact) mass is 288 g/mol. The summed E-state index contributed by atoms with van der Waals surface area (Å²) in [6.45, 7) is 2.91. The Kier molecular flexibility index (Phi) is 4.65. The van der Waals surface area contributed by atoms with Gasteiger partial charge in [0, 0.05) is 24.7 Å². The molecule has 0 aliphatic rings. The lowest BCUT2D eigenvalue weighted by molar-refractivity contribution is -0.385. The van der Waals surface area contributed by atoms with Gasteiger partial charge in [-0.2, -0.15) is 0 Å². The highest BCUT2D eigenvalue weighted by Crippen LogP contribution is 2.22. The molecule has 5 heteroatoms. The normalized spacial score (nSPS) is 10.9. The van der Waals surface area contributed by atoms with Crippen LogP contribution in [0.15, 0.2) is 42.5 Å². The summed E-state index contributed by atoms with van der Waals surface area (Å²) < 4.78 is 13.2. The van der Waals surface area contributed by atoms with Gasteiger partial charge < -0.3 is 0 Å². The van der Waals surface area contributed by atoms with Gasteiger partial charge in [0.05, 0.1) is 4.92 Å². The lowest BCUT2D eigenvalue weighted by atomic mass is 10.1. The molecule has 0 saturated heterocycles. The van der Waals surface area contributed by atoms with Crippen molar-refractivity contribution in [3.63, 3.8) is 0 Å². The van der Waals surface area contributed by atoms with Crippen LogP contribution in [0, 0.1) is 22.9 Å². The number of rotatable bonds is 5. The van der Waals surface area contributed by atoms with E-state index in [-0.39, 0.29) is 16.4 Å². The van der Waals surface area contributed by atoms with E-state index in [9.17, 15) is 14.5 Å². The molecule has 0 N–H and O–H groups in total. The second-order valence-corrected chi connectivity index (χ2v) is 5.12. The van der Waals surface area contributed by atoms with Gasteiger partial charge in [-0.15, -0.1) is 0 Å². The van der Waals surface area contributed by atoms with E-state index in [1.807, 2.05) is 24.1 Å². The smallest absolute Gasteiger partial charge is 0.272 e. The van der Waals surface area contributed by atoms with Crippen LogP contribution in [0.3, 0.4) is 0 Å². The van der Waals surface area contributed by atoms with Gasteiger partial charge in [-0.05, 0) is 37.2 Å². The van der Waals surface area contributed by atoms with Crippen LogP contribution in [0.1, 0.15) is 16.7 Å². The molecule has 0 radical (unpaired) electrons. The molecule has 110 valence electrons. The second kappa shape index (κ2) is 6.45. The predicted molar refractivity (Wildman–Crippen MR) is 79.4 cm³/mol. The molecule has 0 saturated carbocycles. The summed E-state index contributed by atoms with van der Waals surface area (Å²) in [5.41, 5.74) is 2.59. The summed E-state index contributed by atoms with van der Waals surface area (Å²) in [6, 6.07) is 11.5. The molecule has 0 aromatic heterocycles. The maximum Gasteiger partial charge on any atom is 0.272 e. The molecule has 0 heterocycles. The number of hydrogen-bond acceptors (Lipinski definition) is 3. The maximum atomic E-state index is 13.2. The van der Waals surface area contributed by atoms with Crippen LogP contribution in [0.5, 0.6) is 0 Å². The van der Waals surface area contributed by atoms with Crippen molar-refractivity contribution in [3.8, 4) is 0 Å². The summed E-state index contributed by atoms with van der Waals surface area (Å²) in [7, 11) is 1.91. The van der Waals surface area contributed by atoms with Gasteiger partial charge in [-0.25, -0.2) is 4.39 Å². The molecule has 0 atom stereocenters. The predicted octanol–water partition coefficient (Wildman–Crippen LogP) is 3.67. The van der Waals surface area contributed by atoms with E-state index in [0.717, 1.165) is 11.1 Å². The van der Waals surface area contributed by atoms with Crippen LogP contribution < -0.4 is 0 Å². The van der Waals surface area contributed by atoms with Crippen molar-refractivity contribution in [2.45, 2.75) is 20.0 Å². The fourth-order valence-corrected chi connectivity index (χ4v) is 2.33. The van der Waals surface area contributed by atoms with Crippen molar-refractivity contribution in [1.29, 1.82) is 0 Å². The highest BCUT2D eigenvalue weighted by Gasteiger charge is 2.14. The number of hydrogen-bond donors (Lipinski definition) is 0. The Balaban J connectivity index is 2.11. The number of halogens is 1. The first-order valence-corrected chi connectivity index (χ1v) is 6.63. The standard InChI is InChI=1S/C16H17FN2O2/c1-12-14(6-4-8-16(12)19(20)21)11-18(2)10-13-5-3-7-15(17)9-13/h3-9H,10-11H2,1-2H3. The van der Waals surface area contributed by atoms with Crippen LogP contribution in [0.4, 0.5) is 10.1 Å². The molecule has 0 fully saturated rings. The number of benzene rings is 2. The Bertz CT molecular complexity index is 658. The Hall–Kier alpha value is -2.27. The van der Waals surface area contributed by atoms with Crippen molar-refractivity contribution in [2.75, 3.05) is 7.05 Å². The van der Waals surface area contributed by atoms with Crippen LogP contribution >= 0.6 is 0 Å². The topological polar surface area (TPSA) is 46.4 Å². The van der Waals surface area contributed by atoms with E-state index in [0.29, 0.717) is 18.7 Å². The number of nitrogens with zero attached hydrogens (tertiary/aromatic N) is 2. The molecule has 4 nitrogen and oxygen atoms in total. The molecular weight excluding hydrogens is 271 g/mol. The zero-order chi connectivity index (χ0) is 15.4. The summed E-state index contributed by atoms with van der Waals surface area (Å²) >= 11 is 0. The molecule has 0 aliphatic heterocycles. The summed E-state index contributed by atoms with van der Waals surface area (Å²) in [5.74, 6) is -0.257. The summed E-state index contributed by atoms with van der Waals surface area (Å²) in [5, 5.41) is 10.9. The van der Waals surface area contributed by atoms with Gasteiger partial charge in [0.2, 0.25) is 0 Å². The third-order valence-corrected chi connectivity index (χ3v) is 3.40. The van der Waals surface area contributed by atoms with E-state index in [2.05, 4.69) is 0 Å². The highest BCUT2D eigenvalue weighted by atomic mass is 19.1. The molecule has 21 heavy (non-hydrogen) atoms. The van der Waals surface area contributed by atoms with Gasteiger partial charge >= 0.3 is 0 Å². The van der Waals surface area contributed by atoms with E-state index < -0.39 is 0 Å². The fraction of sp³-hybridized carbons (Fsp3) is 0.250. The third kappa shape index (κ3) is 3.86. The number of nitro groups is 1. The minimum absolute atomic E-state index is 0.131. The molecule has 2 aromatic rings. The van der Waals surface area contributed by atoms with E-state index in [4.69, 9.17) is 0 Å². The fourth-order valence-electron chi connectivity index (χ4n) is 2.33. The molecular formula is C16H17FN2O2. The van der Waals surface area contributed by atoms with Crippen molar-refractivity contribution in [2.24, 2.45) is 0 Å².